The van der Waals surface area contributed by atoms with Crippen molar-refractivity contribution >= 4 is 21.7 Å². The van der Waals surface area contributed by atoms with Crippen molar-refractivity contribution in [2.24, 2.45) is 0 Å². The summed E-state index contributed by atoms with van der Waals surface area (Å²) in [5, 5.41) is 0. The minimum absolute atomic E-state index is 0.0752. The van der Waals surface area contributed by atoms with Crippen molar-refractivity contribution in [2.45, 2.75) is 20.8 Å². The van der Waals surface area contributed by atoms with Crippen LogP contribution < -0.4 is 0 Å². The van der Waals surface area contributed by atoms with Crippen LogP contribution >= 0.6 is 15.9 Å². The molecule has 2 rings (SSSR count). The quantitative estimate of drug-likeness (QED) is 0.741. The normalized spacial score (nSPS) is 10.4. The Balaban J connectivity index is 2.47. The third-order valence-electron chi connectivity index (χ3n) is 2.79. The van der Waals surface area contributed by atoms with Crippen LogP contribution in [0.5, 0.6) is 0 Å². The first kappa shape index (κ1) is 13.0. The fourth-order valence-corrected chi connectivity index (χ4v) is 2.75. The zero-order chi connectivity index (χ0) is 13.3. The lowest BCUT2D eigenvalue weighted by atomic mass is 9.98. The van der Waals surface area contributed by atoms with Crippen LogP contribution in [0.25, 0.3) is 0 Å². The molecule has 0 saturated carbocycles. The van der Waals surface area contributed by atoms with E-state index in [2.05, 4.69) is 22.0 Å². The van der Waals surface area contributed by atoms with Gasteiger partial charge in [-0.3, -0.25) is 4.79 Å². The smallest absolute Gasteiger partial charge is 0.193 e. The molecule has 0 unspecified atom stereocenters. The molecule has 0 amide bonds. The van der Waals surface area contributed by atoms with Crippen LogP contribution in [0, 0.1) is 20.8 Å². The van der Waals surface area contributed by atoms with Gasteiger partial charge in [-0.2, -0.15) is 0 Å². The van der Waals surface area contributed by atoms with Crippen LogP contribution in [0.4, 0.5) is 0 Å². The lowest BCUT2D eigenvalue weighted by molar-refractivity contribution is 0.103. The van der Waals surface area contributed by atoms with E-state index in [0.29, 0.717) is 0 Å². The van der Waals surface area contributed by atoms with Gasteiger partial charge in [0, 0.05) is 15.6 Å². The Morgan fingerprint density at radius 1 is 0.778 bits per heavy atom. The number of rotatable bonds is 2. The average molecular weight is 303 g/mol. The molecule has 0 bridgehead atoms. The van der Waals surface area contributed by atoms with Crippen molar-refractivity contribution in [3.8, 4) is 0 Å². The molecule has 18 heavy (non-hydrogen) atoms. The Morgan fingerprint density at radius 2 is 1.22 bits per heavy atom. The Morgan fingerprint density at radius 3 is 1.72 bits per heavy atom. The first-order valence-electron chi connectivity index (χ1n) is 5.86. The summed E-state index contributed by atoms with van der Waals surface area (Å²) in [5.41, 5.74) is 4.80. The molecule has 0 radical (unpaired) electrons. The van der Waals surface area contributed by atoms with E-state index in [-0.39, 0.29) is 5.78 Å². The van der Waals surface area contributed by atoms with Gasteiger partial charge in [0.25, 0.3) is 0 Å². The van der Waals surface area contributed by atoms with E-state index in [9.17, 15) is 4.79 Å². The predicted octanol–water partition coefficient (Wildman–Crippen LogP) is 4.61. The topological polar surface area (TPSA) is 17.1 Å². The van der Waals surface area contributed by atoms with E-state index in [1.165, 1.54) is 0 Å². The van der Waals surface area contributed by atoms with Gasteiger partial charge in [-0.25, -0.2) is 0 Å². The number of halogens is 1. The van der Waals surface area contributed by atoms with Crippen molar-refractivity contribution in [2.75, 3.05) is 0 Å². The van der Waals surface area contributed by atoms with Crippen molar-refractivity contribution < 1.29 is 4.79 Å². The molecule has 0 aliphatic carbocycles. The summed E-state index contributed by atoms with van der Waals surface area (Å²) in [4.78, 5) is 12.4. The van der Waals surface area contributed by atoms with E-state index in [4.69, 9.17) is 0 Å². The van der Waals surface area contributed by atoms with Crippen LogP contribution in [-0.2, 0) is 0 Å². The van der Waals surface area contributed by atoms with Crippen LogP contribution in [0.3, 0.4) is 0 Å². The van der Waals surface area contributed by atoms with E-state index in [1.54, 1.807) is 0 Å². The van der Waals surface area contributed by atoms with Gasteiger partial charge in [0.15, 0.2) is 5.78 Å². The summed E-state index contributed by atoms with van der Waals surface area (Å²) >= 11 is 3.43. The molecule has 2 aromatic rings. The van der Waals surface area contributed by atoms with Crippen LogP contribution in [0.1, 0.15) is 32.6 Å². The second kappa shape index (κ2) is 5.07. The largest absolute Gasteiger partial charge is 0.289 e. The summed E-state index contributed by atoms with van der Waals surface area (Å²) in [6, 6.07) is 11.7. The molecule has 0 aliphatic heterocycles. The molecular weight excluding hydrogens is 288 g/mol. The van der Waals surface area contributed by atoms with Gasteiger partial charge in [-0.15, -0.1) is 0 Å². The minimum Gasteiger partial charge on any atom is -0.289 e. The first-order valence-corrected chi connectivity index (χ1v) is 6.65. The third-order valence-corrected chi connectivity index (χ3v) is 3.25. The molecule has 0 aliphatic rings. The number of benzene rings is 2. The second-order valence-electron chi connectivity index (χ2n) is 4.72. The molecule has 0 fully saturated rings. The Bertz CT molecular complexity index is 520. The number of carbonyl (C=O) groups excluding carboxylic acids is 1. The maximum atomic E-state index is 12.4. The Kier molecular flexibility index (Phi) is 3.67. The molecule has 0 atom stereocenters. The summed E-state index contributed by atoms with van der Waals surface area (Å²) in [5.74, 6) is 0.0752. The highest BCUT2D eigenvalue weighted by Gasteiger charge is 2.11. The molecule has 0 N–H and O–H groups in total. The summed E-state index contributed by atoms with van der Waals surface area (Å²) in [6.07, 6.45) is 0. The summed E-state index contributed by atoms with van der Waals surface area (Å²) in [7, 11) is 0. The molecule has 2 heteroatoms. The van der Waals surface area contributed by atoms with Crippen molar-refractivity contribution in [1.82, 2.24) is 0 Å². The number of carbonyl (C=O) groups is 1. The fraction of sp³-hybridized carbons (Fsp3) is 0.188. The van der Waals surface area contributed by atoms with Gasteiger partial charge >= 0.3 is 0 Å². The standard InChI is InChI=1S/C16H15BrO/c1-10-4-11(2)6-13(5-10)16(18)14-7-12(3)8-15(17)9-14/h4-9H,1-3H3. The molecule has 0 saturated heterocycles. The van der Waals surface area contributed by atoms with Crippen molar-refractivity contribution in [3.63, 3.8) is 0 Å². The molecule has 0 aromatic heterocycles. The van der Waals surface area contributed by atoms with E-state index >= 15 is 0 Å². The maximum absolute atomic E-state index is 12.4. The van der Waals surface area contributed by atoms with Crippen molar-refractivity contribution in [1.29, 1.82) is 0 Å². The molecule has 1 nitrogen and oxygen atoms in total. The molecule has 0 heterocycles. The number of aryl methyl sites for hydroxylation is 3. The number of hydrogen-bond donors (Lipinski definition) is 0. The zero-order valence-corrected chi connectivity index (χ0v) is 12.3. The van der Waals surface area contributed by atoms with Gasteiger partial charge in [-0.05, 0) is 56.7 Å². The number of hydrogen-bond acceptors (Lipinski definition) is 1. The minimum atomic E-state index is 0.0752. The highest BCUT2D eigenvalue weighted by Crippen LogP contribution is 2.19. The average Bonchev–Trinajstić information content (AvgIpc) is 2.25. The van der Waals surface area contributed by atoms with E-state index in [0.717, 1.165) is 32.3 Å². The maximum Gasteiger partial charge on any atom is 0.193 e. The van der Waals surface area contributed by atoms with Gasteiger partial charge < -0.3 is 0 Å². The highest BCUT2D eigenvalue weighted by molar-refractivity contribution is 9.10. The second-order valence-corrected chi connectivity index (χ2v) is 5.64. The molecule has 2 aromatic carbocycles. The Hall–Kier alpha value is -1.41. The van der Waals surface area contributed by atoms with Gasteiger partial charge in [0.05, 0.1) is 0 Å². The van der Waals surface area contributed by atoms with Gasteiger partial charge in [0.2, 0.25) is 0 Å². The predicted molar refractivity (Wildman–Crippen MR) is 78.2 cm³/mol. The van der Waals surface area contributed by atoms with Gasteiger partial charge in [-0.1, -0.05) is 33.1 Å². The lowest BCUT2D eigenvalue weighted by Crippen LogP contribution is -2.02. The number of ketones is 1. The lowest BCUT2D eigenvalue weighted by Gasteiger charge is -2.06. The van der Waals surface area contributed by atoms with E-state index in [1.807, 2.05) is 51.1 Å². The SMILES string of the molecule is Cc1cc(C)cc(C(=O)c2cc(C)cc(Br)c2)c1. The summed E-state index contributed by atoms with van der Waals surface area (Å²) in [6.45, 7) is 6.01. The fourth-order valence-electron chi connectivity index (χ4n) is 2.14. The molecule has 0 spiro atoms. The molecular formula is C16H15BrO. The third kappa shape index (κ3) is 2.88. The first-order chi connectivity index (χ1) is 8.45. The van der Waals surface area contributed by atoms with Crippen LogP contribution in [0.2, 0.25) is 0 Å². The van der Waals surface area contributed by atoms with Gasteiger partial charge in [0.1, 0.15) is 0 Å². The van der Waals surface area contributed by atoms with Crippen molar-refractivity contribution in [3.05, 3.63) is 68.7 Å². The van der Waals surface area contributed by atoms with Crippen LogP contribution in [0.15, 0.2) is 40.9 Å². The summed E-state index contributed by atoms with van der Waals surface area (Å²) < 4.78 is 0.940. The van der Waals surface area contributed by atoms with Crippen LogP contribution in [-0.4, -0.2) is 5.78 Å². The highest BCUT2D eigenvalue weighted by atomic mass is 79.9. The zero-order valence-electron chi connectivity index (χ0n) is 10.8. The monoisotopic (exact) mass is 302 g/mol. The van der Waals surface area contributed by atoms with E-state index < -0.39 is 0 Å². The molecule has 92 valence electrons. The Labute approximate surface area is 116 Å².